The van der Waals surface area contributed by atoms with E-state index in [1.807, 2.05) is 18.4 Å². The number of rotatable bonds is 4. The van der Waals surface area contributed by atoms with Crippen molar-refractivity contribution in [2.45, 2.75) is 52.4 Å². The summed E-state index contributed by atoms with van der Waals surface area (Å²) in [6.45, 7) is 4.50. The first-order valence-electron chi connectivity index (χ1n) is 7.68. The van der Waals surface area contributed by atoms with E-state index in [0.717, 1.165) is 24.5 Å². The number of anilines is 1. The van der Waals surface area contributed by atoms with Crippen LogP contribution in [0.5, 0.6) is 0 Å². The third-order valence-electron chi connectivity index (χ3n) is 4.04. The minimum absolute atomic E-state index is 0.698. The van der Waals surface area contributed by atoms with Crippen molar-refractivity contribution in [3.8, 4) is 0 Å². The minimum atomic E-state index is 0.698. The van der Waals surface area contributed by atoms with Crippen LogP contribution in [0, 0.1) is 5.92 Å². The molecule has 3 nitrogen and oxygen atoms in total. The molecular formula is C16H23N3S. The smallest absolute Gasteiger partial charge is 0.138 e. The molecule has 0 saturated heterocycles. The molecule has 0 spiro atoms. The van der Waals surface area contributed by atoms with Crippen molar-refractivity contribution in [1.82, 2.24) is 9.97 Å². The maximum Gasteiger partial charge on any atom is 0.138 e. The number of nitrogens with one attached hydrogen (secondary N) is 1. The van der Waals surface area contributed by atoms with Crippen LogP contribution in [-0.2, 0) is 19.3 Å². The summed E-state index contributed by atoms with van der Waals surface area (Å²) in [7, 11) is 1.97. The van der Waals surface area contributed by atoms with Gasteiger partial charge in [-0.25, -0.2) is 9.97 Å². The fourth-order valence-electron chi connectivity index (χ4n) is 2.91. The summed E-state index contributed by atoms with van der Waals surface area (Å²) in [5.41, 5.74) is 1.51. The monoisotopic (exact) mass is 289 g/mol. The summed E-state index contributed by atoms with van der Waals surface area (Å²) in [6.07, 6.45) is 7.17. The van der Waals surface area contributed by atoms with E-state index in [4.69, 9.17) is 9.97 Å². The average molecular weight is 289 g/mol. The molecule has 0 amide bonds. The second-order valence-electron chi connectivity index (χ2n) is 6.06. The largest absolute Gasteiger partial charge is 0.372 e. The normalized spacial score (nSPS) is 14.8. The lowest BCUT2D eigenvalue weighted by Gasteiger charge is -2.12. The van der Waals surface area contributed by atoms with Gasteiger partial charge in [0.25, 0.3) is 0 Å². The van der Waals surface area contributed by atoms with Crippen molar-refractivity contribution < 1.29 is 0 Å². The van der Waals surface area contributed by atoms with Gasteiger partial charge < -0.3 is 5.32 Å². The van der Waals surface area contributed by atoms with Crippen LogP contribution in [0.2, 0.25) is 0 Å². The number of nitrogens with zero attached hydrogens (tertiary/aromatic N) is 2. The first-order valence-corrected chi connectivity index (χ1v) is 8.49. The number of hydrogen-bond acceptors (Lipinski definition) is 4. The highest BCUT2D eigenvalue weighted by Crippen LogP contribution is 2.38. The molecule has 1 aliphatic carbocycles. The Balaban J connectivity index is 2.05. The molecule has 0 saturated carbocycles. The van der Waals surface area contributed by atoms with Crippen molar-refractivity contribution in [2.75, 3.05) is 12.4 Å². The zero-order valence-electron chi connectivity index (χ0n) is 12.6. The second kappa shape index (κ2) is 5.68. The molecule has 3 rings (SSSR count). The number of fused-ring (bicyclic) bond motifs is 3. The highest BCUT2D eigenvalue weighted by molar-refractivity contribution is 7.19. The molecule has 2 aromatic rings. The second-order valence-corrected chi connectivity index (χ2v) is 7.15. The molecule has 0 atom stereocenters. The molecule has 4 heteroatoms. The summed E-state index contributed by atoms with van der Waals surface area (Å²) in [6, 6.07) is 0. The van der Waals surface area contributed by atoms with Gasteiger partial charge in [0.05, 0.1) is 5.39 Å². The summed E-state index contributed by atoms with van der Waals surface area (Å²) in [4.78, 5) is 12.3. The SMILES string of the molecule is CNc1nc(CCC(C)C)nc2sc3c(c12)CCCC3. The van der Waals surface area contributed by atoms with Gasteiger partial charge in [-0.1, -0.05) is 13.8 Å². The van der Waals surface area contributed by atoms with Crippen LogP contribution in [0.4, 0.5) is 5.82 Å². The van der Waals surface area contributed by atoms with Gasteiger partial charge >= 0.3 is 0 Å². The van der Waals surface area contributed by atoms with Crippen molar-refractivity contribution >= 4 is 27.4 Å². The number of aryl methyl sites for hydroxylation is 3. The Kier molecular flexibility index (Phi) is 3.92. The van der Waals surface area contributed by atoms with E-state index in [-0.39, 0.29) is 0 Å². The van der Waals surface area contributed by atoms with Gasteiger partial charge in [0.15, 0.2) is 0 Å². The van der Waals surface area contributed by atoms with Gasteiger partial charge in [-0.15, -0.1) is 11.3 Å². The van der Waals surface area contributed by atoms with Crippen LogP contribution in [0.1, 0.15) is 49.4 Å². The molecule has 20 heavy (non-hydrogen) atoms. The van der Waals surface area contributed by atoms with E-state index < -0.39 is 0 Å². The van der Waals surface area contributed by atoms with E-state index in [9.17, 15) is 0 Å². The first kappa shape index (κ1) is 13.8. The standard InChI is InChI=1S/C16H23N3S/c1-10(2)8-9-13-18-15(17-3)14-11-6-4-5-7-12(11)20-16(14)19-13/h10H,4-9H2,1-3H3,(H,17,18,19). The number of hydrogen-bond donors (Lipinski definition) is 1. The summed E-state index contributed by atoms with van der Waals surface area (Å²) >= 11 is 1.89. The van der Waals surface area contributed by atoms with Crippen molar-refractivity contribution in [1.29, 1.82) is 0 Å². The fourth-order valence-corrected chi connectivity index (χ4v) is 4.19. The van der Waals surface area contributed by atoms with Crippen molar-refractivity contribution in [3.63, 3.8) is 0 Å². The van der Waals surface area contributed by atoms with E-state index >= 15 is 0 Å². The predicted molar refractivity (Wildman–Crippen MR) is 86.8 cm³/mol. The van der Waals surface area contributed by atoms with E-state index in [0.29, 0.717) is 5.92 Å². The molecule has 0 aromatic carbocycles. The predicted octanol–water partition coefficient (Wildman–Crippen LogP) is 4.20. The lowest BCUT2D eigenvalue weighted by molar-refractivity contribution is 0.576. The van der Waals surface area contributed by atoms with Crippen molar-refractivity contribution in [2.24, 2.45) is 5.92 Å². The lowest BCUT2D eigenvalue weighted by atomic mass is 9.97. The van der Waals surface area contributed by atoms with Gasteiger partial charge in [-0.2, -0.15) is 0 Å². The van der Waals surface area contributed by atoms with Crippen LogP contribution in [0.25, 0.3) is 10.2 Å². The summed E-state index contributed by atoms with van der Waals surface area (Å²) < 4.78 is 0. The van der Waals surface area contributed by atoms with Gasteiger partial charge in [-0.3, -0.25) is 0 Å². The Morgan fingerprint density at radius 3 is 2.75 bits per heavy atom. The first-order chi connectivity index (χ1) is 9.69. The molecule has 0 aliphatic heterocycles. The highest BCUT2D eigenvalue weighted by atomic mass is 32.1. The lowest BCUT2D eigenvalue weighted by Crippen LogP contribution is -2.04. The molecule has 2 aromatic heterocycles. The van der Waals surface area contributed by atoms with Crippen LogP contribution < -0.4 is 5.32 Å². The van der Waals surface area contributed by atoms with Gasteiger partial charge in [-0.05, 0) is 43.6 Å². The van der Waals surface area contributed by atoms with E-state index in [1.165, 1.54) is 46.3 Å². The molecule has 2 heterocycles. The van der Waals surface area contributed by atoms with Gasteiger partial charge in [0, 0.05) is 18.3 Å². The Morgan fingerprint density at radius 2 is 2.00 bits per heavy atom. The van der Waals surface area contributed by atoms with Gasteiger partial charge in [0.1, 0.15) is 16.5 Å². The zero-order chi connectivity index (χ0) is 14.1. The Labute approximate surface area is 124 Å². The molecule has 0 fully saturated rings. The van der Waals surface area contributed by atoms with Crippen LogP contribution in [0.15, 0.2) is 0 Å². The highest BCUT2D eigenvalue weighted by Gasteiger charge is 2.20. The quantitative estimate of drug-likeness (QED) is 0.916. The molecule has 0 radical (unpaired) electrons. The van der Waals surface area contributed by atoms with Crippen LogP contribution in [-0.4, -0.2) is 17.0 Å². The average Bonchev–Trinajstić information content (AvgIpc) is 2.82. The Morgan fingerprint density at radius 1 is 1.20 bits per heavy atom. The molecule has 1 N–H and O–H groups in total. The van der Waals surface area contributed by atoms with E-state index in [1.54, 1.807) is 0 Å². The minimum Gasteiger partial charge on any atom is -0.372 e. The molecule has 108 valence electrons. The Bertz CT molecular complexity index is 616. The van der Waals surface area contributed by atoms with Crippen LogP contribution in [0.3, 0.4) is 0 Å². The molecule has 0 bridgehead atoms. The summed E-state index contributed by atoms with van der Waals surface area (Å²) in [5, 5.41) is 4.58. The molecule has 1 aliphatic rings. The topological polar surface area (TPSA) is 37.8 Å². The van der Waals surface area contributed by atoms with Gasteiger partial charge in [0.2, 0.25) is 0 Å². The maximum absolute atomic E-state index is 4.83. The fraction of sp³-hybridized carbons (Fsp3) is 0.625. The third kappa shape index (κ3) is 2.53. The molecular weight excluding hydrogens is 266 g/mol. The van der Waals surface area contributed by atoms with Crippen molar-refractivity contribution in [3.05, 3.63) is 16.3 Å². The van der Waals surface area contributed by atoms with Crippen LogP contribution >= 0.6 is 11.3 Å². The number of aromatic nitrogens is 2. The number of thiophene rings is 1. The summed E-state index contributed by atoms with van der Waals surface area (Å²) in [5.74, 6) is 2.73. The maximum atomic E-state index is 4.83. The molecule has 0 unspecified atom stereocenters. The third-order valence-corrected chi connectivity index (χ3v) is 5.23. The zero-order valence-corrected chi connectivity index (χ0v) is 13.4. The van der Waals surface area contributed by atoms with E-state index in [2.05, 4.69) is 19.2 Å². The Hall–Kier alpha value is -1.16.